The van der Waals surface area contributed by atoms with Crippen molar-refractivity contribution in [3.8, 4) is 0 Å². The van der Waals surface area contributed by atoms with Crippen LogP contribution in [0.3, 0.4) is 0 Å². The van der Waals surface area contributed by atoms with Gasteiger partial charge in [0.2, 0.25) is 0 Å². The van der Waals surface area contributed by atoms with Crippen molar-refractivity contribution in [2.75, 3.05) is 12.9 Å². The Kier molecular flexibility index (Phi) is 8.49. The van der Waals surface area contributed by atoms with Gasteiger partial charge in [0, 0.05) is 24.9 Å². The van der Waals surface area contributed by atoms with Gasteiger partial charge in [-0.25, -0.2) is 0 Å². The molecule has 0 aromatic rings. The summed E-state index contributed by atoms with van der Waals surface area (Å²) in [5.74, 6) is -3.29. The molecule has 0 bridgehead atoms. The Morgan fingerprint density at radius 3 is 2.11 bits per heavy atom. The van der Waals surface area contributed by atoms with E-state index in [1.54, 1.807) is 0 Å². The first kappa shape index (κ1) is 18.0. The van der Waals surface area contributed by atoms with Crippen LogP contribution in [0.15, 0.2) is 0 Å². The van der Waals surface area contributed by atoms with Gasteiger partial charge >= 0.3 is 11.9 Å². The van der Waals surface area contributed by atoms with Crippen LogP contribution in [-0.2, 0) is 23.9 Å². The Morgan fingerprint density at radius 1 is 1.16 bits per heavy atom. The monoisotopic (exact) mass is 308 g/mol. The Bertz CT molecular complexity index is 368. The van der Waals surface area contributed by atoms with Gasteiger partial charge < -0.3 is 9.84 Å². The topological polar surface area (TPSA) is 97.7 Å². The summed E-state index contributed by atoms with van der Waals surface area (Å²) in [5.41, 5.74) is 0. The molecule has 0 aromatic carbocycles. The molecule has 0 aliphatic rings. The largest absolute Gasteiger partial charge is 0.481 e. The highest BCUT2D eigenvalue weighted by Crippen LogP contribution is 2.27. The zero-order chi connectivity index (χ0) is 15.0. The number of aliphatic carboxylic acids is 1. The van der Waals surface area contributed by atoms with E-state index in [0.717, 1.165) is 30.6 Å². The first-order valence-electron chi connectivity index (χ1n) is 5.40. The molecule has 2 unspecified atom stereocenters. The molecule has 0 saturated carbocycles. The van der Waals surface area contributed by atoms with Crippen LogP contribution in [0.25, 0.3) is 0 Å². The average molecular weight is 308 g/mol. The maximum Gasteiger partial charge on any atom is 0.321 e. The van der Waals surface area contributed by atoms with Crippen molar-refractivity contribution in [3.05, 3.63) is 0 Å². The summed E-state index contributed by atoms with van der Waals surface area (Å²) >= 11 is 1.81. The van der Waals surface area contributed by atoms with E-state index in [0.29, 0.717) is 5.75 Å². The molecule has 8 heteroatoms. The molecule has 19 heavy (non-hydrogen) atoms. The molecule has 0 spiro atoms. The minimum absolute atomic E-state index is 0.100. The Labute approximate surface area is 119 Å². The molecule has 0 radical (unpaired) electrons. The summed E-state index contributed by atoms with van der Waals surface area (Å²) in [4.78, 5) is 44.5. The van der Waals surface area contributed by atoms with Gasteiger partial charge in [0.05, 0.1) is 7.11 Å². The number of carbonyl (C=O) groups excluding carboxylic acids is 3. The van der Waals surface area contributed by atoms with Crippen molar-refractivity contribution in [1.29, 1.82) is 0 Å². The molecular weight excluding hydrogens is 292 g/mol. The smallest absolute Gasteiger partial charge is 0.321 e. The van der Waals surface area contributed by atoms with Gasteiger partial charge in [-0.15, -0.1) is 0 Å². The SMILES string of the molecule is COC(=O)C(C(=O)O)C(CCSC(C)=O)SC(C)=O. The molecule has 0 rings (SSSR count). The fourth-order valence-corrected chi connectivity index (χ4v) is 3.20. The fourth-order valence-electron chi connectivity index (χ4n) is 1.36. The van der Waals surface area contributed by atoms with Crippen molar-refractivity contribution in [1.82, 2.24) is 0 Å². The lowest BCUT2D eigenvalue weighted by molar-refractivity contribution is -0.156. The normalized spacial score (nSPS) is 13.4. The molecule has 0 aliphatic carbocycles. The molecule has 0 aromatic heterocycles. The molecular formula is C11H16O6S2. The Balaban J connectivity index is 4.85. The highest BCUT2D eigenvalue weighted by atomic mass is 32.2. The number of carboxylic acids is 1. The average Bonchev–Trinajstić information content (AvgIpc) is 2.26. The van der Waals surface area contributed by atoms with Crippen molar-refractivity contribution in [3.63, 3.8) is 0 Å². The van der Waals surface area contributed by atoms with E-state index in [4.69, 9.17) is 5.11 Å². The highest BCUT2D eigenvalue weighted by Gasteiger charge is 2.37. The summed E-state index contributed by atoms with van der Waals surface area (Å²) in [6, 6.07) is 0. The maximum absolute atomic E-state index is 11.5. The highest BCUT2D eigenvalue weighted by molar-refractivity contribution is 8.14. The number of ether oxygens (including phenoxy) is 1. The molecule has 0 aliphatic heterocycles. The van der Waals surface area contributed by atoms with E-state index in [2.05, 4.69) is 4.74 Å². The number of carboxylic acid groups (broad SMARTS) is 1. The van der Waals surface area contributed by atoms with Gasteiger partial charge in [-0.2, -0.15) is 0 Å². The van der Waals surface area contributed by atoms with Crippen molar-refractivity contribution in [2.45, 2.75) is 25.5 Å². The van der Waals surface area contributed by atoms with Crippen LogP contribution in [0.4, 0.5) is 0 Å². The van der Waals surface area contributed by atoms with Crippen LogP contribution in [0.2, 0.25) is 0 Å². The van der Waals surface area contributed by atoms with E-state index in [1.165, 1.54) is 13.8 Å². The van der Waals surface area contributed by atoms with E-state index < -0.39 is 23.1 Å². The van der Waals surface area contributed by atoms with Crippen LogP contribution < -0.4 is 0 Å². The number of hydrogen-bond acceptors (Lipinski definition) is 7. The lowest BCUT2D eigenvalue weighted by Crippen LogP contribution is -2.35. The summed E-state index contributed by atoms with van der Waals surface area (Å²) in [5, 5.41) is 7.94. The third-order valence-electron chi connectivity index (χ3n) is 2.12. The number of rotatable bonds is 7. The second-order valence-electron chi connectivity index (χ2n) is 3.62. The summed E-state index contributed by atoms with van der Waals surface area (Å²) in [6.07, 6.45) is 0.251. The van der Waals surface area contributed by atoms with Crippen molar-refractivity contribution in [2.24, 2.45) is 5.92 Å². The quantitative estimate of drug-likeness (QED) is 0.553. The van der Waals surface area contributed by atoms with Crippen LogP contribution >= 0.6 is 23.5 Å². The van der Waals surface area contributed by atoms with Crippen LogP contribution in [-0.4, -0.2) is 45.4 Å². The summed E-state index contributed by atoms with van der Waals surface area (Å²) in [7, 11) is 1.10. The second-order valence-corrected chi connectivity index (χ2v) is 6.30. The predicted octanol–water partition coefficient (Wildman–Crippen LogP) is 1.18. The molecule has 0 amide bonds. The summed E-state index contributed by atoms with van der Waals surface area (Å²) in [6.45, 7) is 2.69. The molecule has 108 valence electrons. The molecule has 6 nitrogen and oxygen atoms in total. The zero-order valence-electron chi connectivity index (χ0n) is 10.9. The van der Waals surface area contributed by atoms with Gasteiger partial charge in [0.25, 0.3) is 0 Å². The molecule has 0 heterocycles. The molecule has 0 fully saturated rings. The van der Waals surface area contributed by atoms with E-state index in [1.807, 2.05) is 0 Å². The van der Waals surface area contributed by atoms with Crippen LogP contribution in [0.5, 0.6) is 0 Å². The van der Waals surface area contributed by atoms with Gasteiger partial charge in [-0.1, -0.05) is 23.5 Å². The first-order chi connectivity index (χ1) is 8.79. The van der Waals surface area contributed by atoms with Crippen LogP contribution in [0, 0.1) is 5.92 Å². The van der Waals surface area contributed by atoms with Gasteiger partial charge in [-0.3, -0.25) is 19.2 Å². The second kappa shape index (κ2) is 8.98. The van der Waals surface area contributed by atoms with Gasteiger partial charge in [0.1, 0.15) is 0 Å². The number of thioether (sulfide) groups is 2. The minimum atomic E-state index is -1.41. The van der Waals surface area contributed by atoms with Gasteiger partial charge in [0.15, 0.2) is 16.1 Å². The van der Waals surface area contributed by atoms with E-state index in [-0.39, 0.29) is 16.7 Å². The Morgan fingerprint density at radius 2 is 1.74 bits per heavy atom. The van der Waals surface area contributed by atoms with E-state index in [9.17, 15) is 19.2 Å². The number of methoxy groups -OCH3 is 1. The number of esters is 1. The molecule has 1 N–H and O–H groups in total. The van der Waals surface area contributed by atoms with E-state index >= 15 is 0 Å². The maximum atomic E-state index is 11.5. The Hall–Kier alpha value is -1.02. The lowest BCUT2D eigenvalue weighted by Gasteiger charge is -2.20. The van der Waals surface area contributed by atoms with Crippen molar-refractivity contribution < 1.29 is 29.0 Å². The lowest BCUT2D eigenvalue weighted by atomic mass is 10.0. The third-order valence-corrected chi connectivity index (χ3v) is 4.11. The zero-order valence-corrected chi connectivity index (χ0v) is 12.5. The fraction of sp³-hybridized carbons (Fsp3) is 0.636. The first-order valence-corrected chi connectivity index (χ1v) is 7.27. The predicted molar refractivity (Wildman–Crippen MR) is 73.0 cm³/mol. The number of carbonyl (C=O) groups is 4. The summed E-state index contributed by atoms with van der Waals surface area (Å²) < 4.78 is 4.45. The standard InChI is InChI=1S/C11H16O6S2/c1-6(12)18-5-4-8(19-7(2)13)9(10(14)15)11(16)17-3/h8-9H,4-5H2,1-3H3,(H,14,15). The third kappa shape index (κ3) is 7.22. The molecule has 0 saturated heterocycles. The minimum Gasteiger partial charge on any atom is -0.481 e. The van der Waals surface area contributed by atoms with Crippen molar-refractivity contribution >= 4 is 45.7 Å². The van der Waals surface area contributed by atoms with Gasteiger partial charge in [-0.05, 0) is 6.42 Å². The molecule has 2 atom stereocenters. The number of hydrogen-bond donors (Lipinski definition) is 1. The van der Waals surface area contributed by atoms with Crippen LogP contribution in [0.1, 0.15) is 20.3 Å².